The van der Waals surface area contributed by atoms with Gasteiger partial charge in [0.2, 0.25) is 5.91 Å². The van der Waals surface area contributed by atoms with E-state index in [2.05, 4.69) is 10.3 Å². The van der Waals surface area contributed by atoms with E-state index < -0.39 is 36.7 Å². The van der Waals surface area contributed by atoms with Gasteiger partial charge in [0, 0.05) is 6.20 Å². The molecule has 0 bridgehead atoms. The molecule has 1 aromatic rings. The molecule has 0 radical (unpaired) electrons. The number of carbonyl (C=O) groups excluding carboxylic acids is 2. The molecule has 0 aliphatic rings. The first kappa shape index (κ1) is 13.6. The minimum absolute atomic E-state index is 0.240. The molecule has 1 aromatic heterocycles. The van der Waals surface area contributed by atoms with Crippen LogP contribution >= 0.6 is 0 Å². The van der Waals surface area contributed by atoms with Crippen LogP contribution in [0.25, 0.3) is 0 Å². The highest BCUT2D eigenvalue weighted by molar-refractivity contribution is 5.96. The zero-order valence-corrected chi connectivity index (χ0v) is 9.14. The average molecular weight is 255 g/mol. The Labute approximate surface area is 101 Å². The Balaban J connectivity index is 2.45. The van der Waals surface area contributed by atoms with Crippen LogP contribution in [0.3, 0.4) is 0 Å². The molecule has 8 heteroatoms. The van der Waals surface area contributed by atoms with Crippen molar-refractivity contribution in [3.05, 3.63) is 29.8 Å². The van der Waals surface area contributed by atoms with Gasteiger partial charge in [-0.25, -0.2) is 4.39 Å². The molecule has 0 unspecified atom stereocenters. The van der Waals surface area contributed by atoms with Gasteiger partial charge in [-0.15, -0.1) is 0 Å². The molecule has 0 spiro atoms. The number of carboxylic acids is 1. The van der Waals surface area contributed by atoms with E-state index in [0.717, 1.165) is 6.20 Å². The number of hydrogen-bond acceptors (Lipinski definition) is 4. The molecule has 0 saturated heterocycles. The fourth-order valence-corrected chi connectivity index (χ4v) is 1.05. The molecule has 18 heavy (non-hydrogen) atoms. The first-order chi connectivity index (χ1) is 8.50. The maximum Gasteiger partial charge on any atom is 0.322 e. The molecule has 0 saturated carbocycles. The molecule has 2 amide bonds. The van der Waals surface area contributed by atoms with Gasteiger partial charge in [-0.2, -0.15) is 0 Å². The predicted molar refractivity (Wildman–Crippen MR) is 57.2 cm³/mol. The molecule has 1 rings (SSSR count). The van der Waals surface area contributed by atoms with Crippen LogP contribution in [-0.4, -0.2) is 41.0 Å². The Morgan fingerprint density at radius 2 is 2.00 bits per heavy atom. The van der Waals surface area contributed by atoms with Crippen molar-refractivity contribution in [3.63, 3.8) is 0 Å². The second-order valence-corrected chi connectivity index (χ2v) is 3.21. The number of carboxylic acid groups (broad SMARTS) is 1. The molecule has 0 aliphatic carbocycles. The van der Waals surface area contributed by atoms with Crippen molar-refractivity contribution < 1.29 is 23.9 Å². The lowest BCUT2D eigenvalue weighted by Crippen LogP contribution is -2.39. The van der Waals surface area contributed by atoms with Crippen molar-refractivity contribution in [3.8, 4) is 0 Å². The van der Waals surface area contributed by atoms with Crippen molar-refractivity contribution in [2.45, 2.75) is 0 Å². The summed E-state index contributed by atoms with van der Waals surface area (Å²) in [5.41, 5.74) is -0.240. The van der Waals surface area contributed by atoms with E-state index >= 15 is 0 Å². The lowest BCUT2D eigenvalue weighted by Gasteiger charge is -2.05. The summed E-state index contributed by atoms with van der Waals surface area (Å²) in [4.78, 5) is 36.1. The topological polar surface area (TPSA) is 108 Å². The van der Waals surface area contributed by atoms with E-state index in [9.17, 15) is 18.8 Å². The summed E-state index contributed by atoms with van der Waals surface area (Å²) >= 11 is 0. The van der Waals surface area contributed by atoms with E-state index in [-0.39, 0.29) is 5.56 Å². The SMILES string of the molecule is O=C(O)CNC(=O)CNC(=O)c1ccncc1F. The highest BCUT2D eigenvalue weighted by Gasteiger charge is 2.12. The zero-order chi connectivity index (χ0) is 13.5. The molecule has 96 valence electrons. The van der Waals surface area contributed by atoms with Crippen molar-refractivity contribution >= 4 is 17.8 Å². The van der Waals surface area contributed by atoms with Crippen LogP contribution in [0.1, 0.15) is 10.4 Å². The van der Waals surface area contributed by atoms with Gasteiger partial charge in [0.1, 0.15) is 6.54 Å². The largest absolute Gasteiger partial charge is 0.480 e. The Bertz CT molecular complexity index is 478. The smallest absolute Gasteiger partial charge is 0.322 e. The maximum absolute atomic E-state index is 13.1. The van der Waals surface area contributed by atoms with Gasteiger partial charge in [-0.1, -0.05) is 0 Å². The van der Waals surface area contributed by atoms with Gasteiger partial charge < -0.3 is 15.7 Å². The minimum Gasteiger partial charge on any atom is -0.480 e. The van der Waals surface area contributed by atoms with E-state index in [4.69, 9.17) is 5.11 Å². The standard InChI is InChI=1S/C10H10FN3O4/c11-7-3-12-2-1-6(7)10(18)14-4-8(15)13-5-9(16)17/h1-3H,4-5H2,(H,13,15)(H,14,18)(H,16,17). The fourth-order valence-electron chi connectivity index (χ4n) is 1.05. The zero-order valence-electron chi connectivity index (χ0n) is 9.14. The fraction of sp³-hybridized carbons (Fsp3) is 0.200. The second-order valence-electron chi connectivity index (χ2n) is 3.21. The number of halogens is 1. The van der Waals surface area contributed by atoms with Crippen molar-refractivity contribution in [1.29, 1.82) is 0 Å². The van der Waals surface area contributed by atoms with Crippen LogP contribution in [0.5, 0.6) is 0 Å². The average Bonchev–Trinajstić information content (AvgIpc) is 2.34. The molecule has 0 atom stereocenters. The van der Waals surface area contributed by atoms with Crippen molar-refractivity contribution in [1.82, 2.24) is 15.6 Å². The van der Waals surface area contributed by atoms with E-state index in [1.165, 1.54) is 12.3 Å². The van der Waals surface area contributed by atoms with Gasteiger partial charge in [0.25, 0.3) is 5.91 Å². The first-order valence-corrected chi connectivity index (χ1v) is 4.87. The molecule has 3 N–H and O–H groups in total. The Morgan fingerprint density at radius 3 is 2.61 bits per heavy atom. The highest BCUT2D eigenvalue weighted by Crippen LogP contribution is 2.03. The van der Waals surface area contributed by atoms with Gasteiger partial charge in [0.05, 0.1) is 18.3 Å². The van der Waals surface area contributed by atoms with Gasteiger partial charge >= 0.3 is 5.97 Å². The Kier molecular flexibility index (Phi) is 4.73. The van der Waals surface area contributed by atoms with Gasteiger partial charge in [0.15, 0.2) is 5.82 Å². The van der Waals surface area contributed by atoms with Crippen LogP contribution in [-0.2, 0) is 9.59 Å². The highest BCUT2D eigenvalue weighted by atomic mass is 19.1. The number of pyridine rings is 1. The Morgan fingerprint density at radius 1 is 1.28 bits per heavy atom. The summed E-state index contributed by atoms with van der Waals surface area (Å²) in [7, 11) is 0. The van der Waals surface area contributed by atoms with E-state index in [1.807, 2.05) is 5.32 Å². The molecule has 7 nitrogen and oxygen atoms in total. The number of nitrogens with one attached hydrogen (secondary N) is 2. The second kappa shape index (κ2) is 6.28. The molecule has 0 aromatic carbocycles. The summed E-state index contributed by atoms with van der Waals surface area (Å²) in [6, 6.07) is 1.17. The lowest BCUT2D eigenvalue weighted by atomic mass is 10.2. The maximum atomic E-state index is 13.1. The third-order valence-corrected chi connectivity index (χ3v) is 1.86. The minimum atomic E-state index is -1.20. The quantitative estimate of drug-likeness (QED) is 0.635. The third kappa shape index (κ3) is 4.16. The summed E-state index contributed by atoms with van der Waals surface area (Å²) < 4.78 is 13.1. The predicted octanol–water partition coefficient (Wildman–Crippen LogP) is -0.849. The lowest BCUT2D eigenvalue weighted by molar-refractivity contribution is -0.137. The molecule has 0 aliphatic heterocycles. The Hall–Kier alpha value is -2.51. The summed E-state index contributed by atoms with van der Waals surface area (Å²) in [6.45, 7) is -0.980. The monoisotopic (exact) mass is 255 g/mol. The third-order valence-electron chi connectivity index (χ3n) is 1.86. The number of hydrogen-bond donors (Lipinski definition) is 3. The van der Waals surface area contributed by atoms with Crippen LogP contribution in [0.15, 0.2) is 18.5 Å². The molecular weight excluding hydrogens is 245 g/mol. The van der Waals surface area contributed by atoms with Gasteiger partial charge in [-0.05, 0) is 6.07 Å². The van der Waals surface area contributed by atoms with Crippen molar-refractivity contribution in [2.75, 3.05) is 13.1 Å². The summed E-state index contributed by atoms with van der Waals surface area (Å²) in [6.07, 6.45) is 2.11. The van der Waals surface area contributed by atoms with Crippen LogP contribution < -0.4 is 10.6 Å². The van der Waals surface area contributed by atoms with Crippen molar-refractivity contribution in [2.24, 2.45) is 0 Å². The number of aromatic nitrogens is 1. The number of rotatable bonds is 5. The van der Waals surface area contributed by atoms with Crippen LogP contribution in [0, 0.1) is 5.82 Å². The number of aliphatic carboxylic acids is 1. The van der Waals surface area contributed by atoms with Crippen LogP contribution in [0.2, 0.25) is 0 Å². The van der Waals surface area contributed by atoms with Gasteiger partial charge in [-0.3, -0.25) is 19.4 Å². The normalized spacial score (nSPS) is 9.61. The number of nitrogens with zero attached hydrogens (tertiary/aromatic N) is 1. The number of carbonyl (C=O) groups is 3. The molecule has 1 heterocycles. The van der Waals surface area contributed by atoms with Crippen LogP contribution in [0.4, 0.5) is 4.39 Å². The molecule has 0 fully saturated rings. The first-order valence-electron chi connectivity index (χ1n) is 4.87. The van der Waals surface area contributed by atoms with E-state index in [0.29, 0.717) is 0 Å². The summed E-state index contributed by atoms with van der Waals surface area (Å²) in [5.74, 6) is -3.46. The molecular formula is C10H10FN3O4. The van der Waals surface area contributed by atoms with E-state index in [1.54, 1.807) is 0 Å². The summed E-state index contributed by atoms with van der Waals surface area (Å²) in [5, 5.41) is 12.5. The number of amides is 2.